The molecular weight excluding hydrogens is 374 g/mol. The van der Waals surface area contributed by atoms with Crippen molar-refractivity contribution in [3.8, 4) is 5.69 Å². The molecule has 0 unspecified atom stereocenters. The second kappa shape index (κ2) is 11.1. The van der Waals surface area contributed by atoms with Gasteiger partial charge in [0.05, 0.1) is 18.4 Å². The monoisotopic (exact) mass is 405 g/mol. The summed E-state index contributed by atoms with van der Waals surface area (Å²) in [5, 5.41) is 21.3. The Morgan fingerprint density at radius 2 is 1.89 bits per heavy atom. The van der Waals surface area contributed by atoms with E-state index in [4.69, 9.17) is 16.6 Å². The van der Waals surface area contributed by atoms with Crippen LogP contribution in [0.5, 0.6) is 0 Å². The van der Waals surface area contributed by atoms with E-state index < -0.39 is 0 Å². The molecule has 0 bridgehead atoms. The average molecular weight is 406 g/mol. The van der Waals surface area contributed by atoms with Gasteiger partial charge in [-0.15, -0.1) is 0 Å². The smallest absolute Gasteiger partial charge is 0.191 e. The van der Waals surface area contributed by atoms with E-state index in [1.54, 1.807) is 0 Å². The Bertz CT molecular complexity index is 738. The molecule has 0 aliphatic carbocycles. The molecule has 154 valence electrons. The summed E-state index contributed by atoms with van der Waals surface area (Å²) < 4.78 is 1.82. The topological polar surface area (TPSA) is 74.5 Å². The van der Waals surface area contributed by atoms with Crippen molar-refractivity contribution < 1.29 is 5.11 Å². The molecule has 0 radical (unpaired) electrons. The Hall–Kier alpha value is -2.05. The quantitative estimate of drug-likeness (QED) is 0.415. The summed E-state index contributed by atoms with van der Waals surface area (Å²) in [4.78, 5) is 4.69. The minimum Gasteiger partial charge on any atom is -0.396 e. The lowest BCUT2D eigenvalue weighted by molar-refractivity contribution is 0.169. The van der Waals surface area contributed by atoms with Crippen LogP contribution in [-0.4, -0.2) is 40.5 Å². The van der Waals surface area contributed by atoms with Crippen molar-refractivity contribution >= 4 is 17.6 Å². The highest BCUT2D eigenvalue weighted by molar-refractivity contribution is 6.30. The summed E-state index contributed by atoms with van der Waals surface area (Å²) in [6.45, 7) is 8.73. The number of rotatable bonds is 10. The Kier molecular flexibility index (Phi) is 8.80. The van der Waals surface area contributed by atoms with Crippen LogP contribution in [0.1, 0.15) is 45.6 Å². The fourth-order valence-corrected chi connectivity index (χ4v) is 3.27. The van der Waals surface area contributed by atoms with Crippen LogP contribution < -0.4 is 10.6 Å². The number of benzene rings is 1. The fourth-order valence-electron chi connectivity index (χ4n) is 3.14. The van der Waals surface area contributed by atoms with Crippen LogP contribution in [0.25, 0.3) is 5.69 Å². The normalized spacial score (nSPS) is 12.2. The SMILES string of the molecule is CCNC(=NCc1cnn(-c2ccc(Cl)cc2)c1)NCC(CC)(CC)CCO. The van der Waals surface area contributed by atoms with E-state index in [0.717, 1.165) is 49.6 Å². The van der Waals surface area contributed by atoms with Gasteiger partial charge < -0.3 is 15.7 Å². The molecule has 1 aromatic carbocycles. The van der Waals surface area contributed by atoms with Crippen molar-refractivity contribution in [2.45, 2.75) is 46.6 Å². The largest absolute Gasteiger partial charge is 0.396 e. The van der Waals surface area contributed by atoms with Crippen LogP contribution in [0.15, 0.2) is 41.7 Å². The number of hydrogen-bond acceptors (Lipinski definition) is 3. The third-order valence-electron chi connectivity index (χ3n) is 5.26. The van der Waals surface area contributed by atoms with Crippen molar-refractivity contribution in [3.05, 3.63) is 47.2 Å². The number of hydrogen-bond donors (Lipinski definition) is 3. The Morgan fingerprint density at radius 1 is 1.18 bits per heavy atom. The van der Waals surface area contributed by atoms with Gasteiger partial charge in [-0.05, 0) is 55.9 Å². The van der Waals surface area contributed by atoms with E-state index in [-0.39, 0.29) is 12.0 Å². The van der Waals surface area contributed by atoms with Gasteiger partial charge in [0, 0.05) is 36.5 Å². The van der Waals surface area contributed by atoms with E-state index in [2.05, 4.69) is 36.5 Å². The Labute approximate surface area is 173 Å². The summed E-state index contributed by atoms with van der Waals surface area (Å²) in [5.41, 5.74) is 2.08. The summed E-state index contributed by atoms with van der Waals surface area (Å²) >= 11 is 5.95. The molecule has 3 N–H and O–H groups in total. The Balaban J connectivity index is 2.03. The van der Waals surface area contributed by atoms with Crippen LogP contribution in [0, 0.1) is 5.41 Å². The number of aliphatic hydroxyl groups excluding tert-OH is 1. The summed E-state index contributed by atoms with van der Waals surface area (Å²) in [6.07, 6.45) is 6.63. The minimum absolute atomic E-state index is 0.0877. The second-order valence-corrected chi connectivity index (χ2v) is 7.44. The maximum atomic E-state index is 9.41. The molecule has 28 heavy (non-hydrogen) atoms. The summed E-state index contributed by atoms with van der Waals surface area (Å²) in [5.74, 6) is 0.783. The number of aromatic nitrogens is 2. The highest BCUT2D eigenvalue weighted by Gasteiger charge is 2.25. The molecule has 0 saturated carbocycles. The number of aliphatic imine (C=N–C) groups is 1. The van der Waals surface area contributed by atoms with Crippen molar-refractivity contribution in [2.75, 3.05) is 19.7 Å². The van der Waals surface area contributed by atoms with Crippen molar-refractivity contribution in [2.24, 2.45) is 10.4 Å². The van der Waals surface area contributed by atoms with Crippen molar-refractivity contribution in [1.29, 1.82) is 0 Å². The molecule has 7 heteroatoms. The molecule has 2 rings (SSSR count). The zero-order chi connectivity index (χ0) is 20.4. The van der Waals surface area contributed by atoms with Crippen LogP contribution in [0.3, 0.4) is 0 Å². The maximum Gasteiger partial charge on any atom is 0.191 e. The molecule has 1 aromatic heterocycles. The average Bonchev–Trinajstić information content (AvgIpc) is 3.18. The third kappa shape index (κ3) is 6.24. The first kappa shape index (κ1) is 22.2. The van der Waals surface area contributed by atoms with Crippen LogP contribution >= 0.6 is 11.6 Å². The Morgan fingerprint density at radius 3 is 2.50 bits per heavy atom. The number of nitrogens with zero attached hydrogens (tertiary/aromatic N) is 3. The van der Waals surface area contributed by atoms with E-state index in [1.807, 2.05) is 41.3 Å². The highest BCUT2D eigenvalue weighted by Crippen LogP contribution is 2.29. The van der Waals surface area contributed by atoms with Crippen molar-refractivity contribution in [1.82, 2.24) is 20.4 Å². The molecule has 6 nitrogen and oxygen atoms in total. The number of nitrogens with one attached hydrogen (secondary N) is 2. The molecule has 0 aliphatic rings. The predicted octanol–water partition coefficient (Wildman–Crippen LogP) is 3.77. The van der Waals surface area contributed by atoms with E-state index >= 15 is 0 Å². The van der Waals surface area contributed by atoms with Crippen molar-refractivity contribution in [3.63, 3.8) is 0 Å². The zero-order valence-electron chi connectivity index (χ0n) is 17.1. The molecule has 0 atom stereocenters. The summed E-state index contributed by atoms with van der Waals surface area (Å²) in [7, 11) is 0. The van der Waals surface area contributed by atoms with Gasteiger partial charge in [0.25, 0.3) is 0 Å². The lowest BCUT2D eigenvalue weighted by Gasteiger charge is -2.32. The third-order valence-corrected chi connectivity index (χ3v) is 5.52. The van der Waals surface area contributed by atoms with Gasteiger partial charge in [-0.3, -0.25) is 0 Å². The molecule has 0 amide bonds. The van der Waals surface area contributed by atoms with E-state index in [0.29, 0.717) is 11.6 Å². The van der Waals surface area contributed by atoms with Gasteiger partial charge >= 0.3 is 0 Å². The first-order valence-electron chi connectivity index (χ1n) is 9.98. The molecule has 1 heterocycles. The van der Waals surface area contributed by atoms with Gasteiger partial charge in [-0.25, -0.2) is 9.67 Å². The number of aliphatic hydroxyl groups is 1. The molecule has 2 aromatic rings. The van der Waals surface area contributed by atoms with Gasteiger partial charge in [0.2, 0.25) is 0 Å². The van der Waals surface area contributed by atoms with Gasteiger partial charge in [0.1, 0.15) is 0 Å². The molecule has 0 saturated heterocycles. The van der Waals surface area contributed by atoms with Crippen LogP contribution in [0.4, 0.5) is 0 Å². The summed E-state index contributed by atoms with van der Waals surface area (Å²) in [6, 6.07) is 7.57. The second-order valence-electron chi connectivity index (χ2n) is 7.00. The lowest BCUT2D eigenvalue weighted by atomic mass is 9.79. The van der Waals surface area contributed by atoms with Gasteiger partial charge in [-0.2, -0.15) is 5.10 Å². The first-order valence-corrected chi connectivity index (χ1v) is 10.4. The fraction of sp³-hybridized carbons (Fsp3) is 0.524. The molecular formula is C21H32ClN5O. The highest BCUT2D eigenvalue weighted by atomic mass is 35.5. The minimum atomic E-state index is 0.0877. The molecule has 0 spiro atoms. The predicted molar refractivity (Wildman–Crippen MR) is 116 cm³/mol. The van der Waals surface area contributed by atoms with Crippen LogP contribution in [0.2, 0.25) is 5.02 Å². The molecule has 0 aliphatic heterocycles. The molecule has 0 fully saturated rings. The number of guanidine groups is 1. The number of halogens is 1. The van der Waals surface area contributed by atoms with Crippen LogP contribution in [-0.2, 0) is 6.54 Å². The first-order chi connectivity index (χ1) is 13.6. The van der Waals surface area contributed by atoms with E-state index in [9.17, 15) is 5.11 Å². The zero-order valence-corrected chi connectivity index (χ0v) is 17.8. The maximum absolute atomic E-state index is 9.41. The van der Waals surface area contributed by atoms with Gasteiger partial charge in [-0.1, -0.05) is 25.4 Å². The lowest BCUT2D eigenvalue weighted by Crippen LogP contribution is -2.43. The standard InChI is InChI=1S/C21H32ClN5O/c1-4-21(5-2,11-12-28)16-25-20(23-6-3)24-13-17-14-26-27(15-17)19-9-7-18(22)8-10-19/h7-10,14-15,28H,4-6,11-13,16H2,1-3H3,(H2,23,24,25). The van der Waals surface area contributed by atoms with Gasteiger partial charge in [0.15, 0.2) is 5.96 Å². The van der Waals surface area contributed by atoms with E-state index in [1.165, 1.54) is 0 Å².